The Morgan fingerprint density at radius 2 is 2.31 bits per heavy atom. The molecule has 2 aromatic heterocycles. The molecule has 4 nitrogen and oxygen atoms in total. The van der Waals surface area contributed by atoms with Crippen molar-refractivity contribution in [3.63, 3.8) is 0 Å². The van der Waals surface area contributed by atoms with Crippen LogP contribution in [0.3, 0.4) is 0 Å². The zero-order valence-electron chi connectivity index (χ0n) is 8.68. The van der Waals surface area contributed by atoms with E-state index >= 15 is 0 Å². The van der Waals surface area contributed by atoms with E-state index < -0.39 is 0 Å². The third-order valence-electron chi connectivity index (χ3n) is 2.21. The Labute approximate surface area is 98.1 Å². The molecule has 0 aliphatic carbocycles. The van der Waals surface area contributed by atoms with E-state index in [0.717, 1.165) is 0 Å². The minimum Gasteiger partial charge on any atom is -0.237 e. The second-order valence-electron chi connectivity index (χ2n) is 3.18. The number of hydrogen-bond donors (Lipinski definition) is 0. The maximum absolute atomic E-state index is 8.98. The predicted octanol–water partition coefficient (Wildman–Crippen LogP) is 2.35. The topological polar surface area (TPSA) is 54.5 Å². The third kappa shape index (κ3) is 1.66. The summed E-state index contributed by atoms with van der Waals surface area (Å²) in [7, 11) is 0. The SMILES string of the molecule is CCc1nn(-c2ccccn2)c(Cl)c1C#N. The largest absolute Gasteiger partial charge is 0.237 e. The highest BCUT2D eigenvalue weighted by Crippen LogP contribution is 2.22. The van der Waals surface area contributed by atoms with E-state index in [9.17, 15) is 0 Å². The van der Waals surface area contributed by atoms with E-state index in [-0.39, 0.29) is 0 Å². The first-order valence-corrected chi connectivity index (χ1v) is 5.24. The summed E-state index contributed by atoms with van der Waals surface area (Å²) in [5.74, 6) is 0.615. The highest BCUT2D eigenvalue weighted by molar-refractivity contribution is 6.31. The van der Waals surface area contributed by atoms with E-state index in [1.54, 1.807) is 12.3 Å². The lowest BCUT2D eigenvalue weighted by Gasteiger charge is -1.99. The lowest BCUT2D eigenvalue weighted by atomic mass is 10.2. The van der Waals surface area contributed by atoms with E-state index in [0.29, 0.717) is 28.6 Å². The Morgan fingerprint density at radius 1 is 1.50 bits per heavy atom. The Bertz CT molecular complexity index is 539. The van der Waals surface area contributed by atoms with Gasteiger partial charge in [0.05, 0.1) is 5.69 Å². The molecule has 16 heavy (non-hydrogen) atoms. The molecule has 2 rings (SSSR count). The summed E-state index contributed by atoms with van der Waals surface area (Å²) >= 11 is 6.08. The molecular formula is C11H9ClN4. The third-order valence-corrected chi connectivity index (χ3v) is 2.56. The normalized spacial score (nSPS) is 10.1. The number of nitrogens with zero attached hydrogens (tertiary/aromatic N) is 4. The molecule has 0 N–H and O–H groups in total. The van der Waals surface area contributed by atoms with Gasteiger partial charge < -0.3 is 0 Å². The molecule has 80 valence electrons. The summed E-state index contributed by atoms with van der Waals surface area (Å²) in [6, 6.07) is 7.51. The summed E-state index contributed by atoms with van der Waals surface area (Å²) in [4.78, 5) is 4.14. The monoisotopic (exact) mass is 232 g/mol. The maximum Gasteiger partial charge on any atom is 0.155 e. The van der Waals surface area contributed by atoms with Crippen LogP contribution in [0.15, 0.2) is 24.4 Å². The number of nitriles is 1. The molecule has 0 atom stereocenters. The highest BCUT2D eigenvalue weighted by atomic mass is 35.5. The number of halogens is 1. The maximum atomic E-state index is 8.98. The fraction of sp³-hybridized carbons (Fsp3) is 0.182. The molecule has 0 amide bonds. The highest BCUT2D eigenvalue weighted by Gasteiger charge is 2.16. The Morgan fingerprint density at radius 3 is 2.81 bits per heavy atom. The van der Waals surface area contributed by atoms with Crippen molar-refractivity contribution in [3.8, 4) is 11.9 Å². The lowest BCUT2D eigenvalue weighted by Crippen LogP contribution is -1.99. The fourth-order valence-corrected chi connectivity index (χ4v) is 1.70. The summed E-state index contributed by atoms with van der Waals surface area (Å²) in [5, 5.41) is 13.6. The van der Waals surface area contributed by atoms with Crippen LogP contribution < -0.4 is 0 Å². The van der Waals surface area contributed by atoms with Gasteiger partial charge in [-0.3, -0.25) is 0 Å². The first-order valence-electron chi connectivity index (χ1n) is 4.86. The van der Waals surface area contributed by atoms with Crippen molar-refractivity contribution in [2.45, 2.75) is 13.3 Å². The van der Waals surface area contributed by atoms with Gasteiger partial charge in [0.2, 0.25) is 0 Å². The molecule has 0 saturated carbocycles. The molecule has 0 aliphatic rings. The molecule has 0 bridgehead atoms. The van der Waals surface area contributed by atoms with Crippen LogP contribution in [0, 0.1) is 11.3 Å². The van der Waals surface area contributed by atoms with Gasteiger partial charge in [0.25, 0.3) is 0 Å². The van der Waals surface area contributed by atoms with Crippen LogP contribution in [0.4, 0.5) is 0 Å². The van der Waals surface area contributed by atoms with Gasteiger partial charge in [0.15, 0.2) is 11.0 Å². The minimum absolute atomic E-state index is 0.318. The van der Waals surface area contributed by atoms with E-state index in [2.05, 4.69) is 16.2 Å². The quantitative estimate of drug-likeness (QED) is 0.799. The van der Waals surface area contributed by atoms with Crippen LogP contribution >= 0.6 is 11.6 Å². The summed E-state index contributed by atoms with van der Waals surface area (Å²) in [6.45, 7) is 1.93. The second kappa shape index (κ2) is 4.33. The molecule has 0 fully saturated rings. The van der Waals surface area contributed by atoms with Gasteiger partial charge in [-0.15, -0.1) is 0 Å². The molecule has 0 radical (unpaired) electrons. The van der Waals surface area contributed by atoms with Gasteiger partial charge >= 0.3 is 0 Å². The first kappa shape index (κ1) is 10.7. The molecule has 5 heteroatoms. The second-order valence-corrected chi connectivity index (χ2v) is 3.54. The van der Waals surface area contributed by atoms with Crippen molar-refractivity contribution in [1.29, 1.82) is 5.26 Å². The van der Waals surface area contributed by atoms with Crippen molar-refractivity contribution in [2.75, 3.05) is 0 Å². The van der Waals surface area contributed by atoms with Crippen LogP contribution in [0.25, 0.3) is 5.82 Å². The minimum atomic E-state index is 0.318. The number of pyridine rings is 1. The summed E-state index contributed by atoms with van der Waals surface area (Å²) in [6.07, 6.45) is 2.33. The zero-order valence-corrected chi connectivity index (χ0v) is 9.44. The van der Waals surface area contributed by atoms with Crippen LogP contribution in [0.2, 0.25) is 5.15 Å². The smallest absolute Gasteiger partial charge is 0.155 e. The molecule has 0 aliphatic heterocycles. The zero-order chi connectivity index (χ0) is 11.5. The fourth-order valence-electron chi connectivity index (χ4n) is 1.43. The van der Waals surface area contributed by atoms with Crippen LogP contribution in [0.1, 0.15) is 18.2 Å². The lowest BCUT2D eigenvalue weighted by molar-refractivity contribution is 0.817. The number of aromatic nitrogens is 3. The van der Waals surface area contributed by atoms with Gasteiger partial charge in [-0.2, -0.15) is 10.4 Å². The Kier molecular flexibility index (Phi) is 2.88. The van der Waals surface area contributed by atoms with E-state index in [4.69, 9.17) is 16.9 Å². The van der Waals surface area contributed by atoms with Gasteiger partial charge in [-0.1, -0.05) is 24.6 Å². The molecule has 0 unspecified atom stereocenters. The van der Waals surface area contributed by atoms with E-state index in [1.165, 1.54) is 4.68 Å². The van der Waals surface area contributed by atoms with Crippen molar-refractivity contribution in [1.82, 2.24) is 14.8 Å². The van der Waals surface area contributed by atoms with Crippen LogP contribution in [-0.2, 0) is 6.42 Å². The molecule has 2 heterocycles. The average Bonchev–Trinajstić information content (AvgIpc) is 2.66. The molecule has 0 spiro atoms. The van der Waals surface area contributed by atoms with E-state index in [1.807, 2.05) is 19.1 Å². The number of aryl methyl sites for hydroxylation is 1. The van der Waals surface area contributed by atoms with Crippen LogP contribution in [-0.4, -0.2) is 14.8 Å². The summed E-state index contributed by atoms with van der Waals surface area (Å²) in [5.41, 5.74) is 1.12. The van der Waals surface area contributed by atoms with Crippen molar-refractivity contribution < 1.29 is 0 Å². The Balaban J connectivity index is 2.60. The molecular weight excluding hydrogens is 224 g/mol. The van der Waals surface area contributed by atoms with Gasteiger partial charge in [-0.05, 0) is 18.6 Å². The predicted molar refractivity (Wildman–Crippen MR) is 60.5 cm³/mol. The van der Waals surface area contributed by atoms with Crippen LogP contribution in [0.5, 0.6) is 0 Å². The van der Waals surface area contributed by atoms with Crippen molar-refractivity contribution in [3.05, 3.63) is 40.8 Å². The number of hydrogen-bond acceptors (Lipinski definition) is 3. The molecule has 2 aromatic rings. The standard InChI is InChI=1S/C11H9ClN4/c1-2-9-8(7-13)11(12)16(15-9)10-5-3-4-6-14-10/h3-6H,2H2,1H3. The summed E-state index contributed by atoms with van der Waals surface area (Å²) < 4.78 is 1.49. The Hall–Kier alpha value is -1.86. The van der Waals surface area contributed by atoms with Crippen molar-refractivity contribution >= 4 is 11.6 Å². The van der Waals surface area contributed by atoms with Gasteiger partial charge in [0.1, 0.15) is 11.6 Å². The van der Waals surface area contributed by atoms with Gasteiger partial charge in [-0.25, -0.2) is 9.67 Å². The first-order chi connectivity index (χ1) is 7.77. The average molecular weight is 233 g/mol. The molecule has 0 aromatic carbocycles. The molecule has 0 saturated heterocycles. The van der Waals surface area contributed by atoms with Gasteiger partial charge in [0, 0.05) is 6.20 Å². The number of rotatable bonds is 2. The van der Waals surface area contributed by atoms with Crippen molar-refractivity contribution in [2.24, 2.45) is 0 Å².